The van der Waals surface area contributed by atoms with Crippen molar-refractivity contribution in [3.8, 4) is 80.1 Å². The summed E-state index contributed by atoms with van der Waals surface area (Å²) in [4.78, 5) is 107. The molecular weight excluding hydrogens is 1330 g/mol. The van der Waals surface area contributed by atoms with Crippen molar-refractivity contribution in [2.45, 2.75) is 107 Å². The van der Waals surface area contributed by atoms with Gasteiger partial charge in [-0.2, -0.15) is 0 Å². The minimum absolute atomic E-state index is 0.120. The Bertz CT molecular complexity index is 4360. The number of carboxylic acids is 1. The number of ether oxygens (including phenoxy) is 3. The fourth-order valence-electron chi connectivity index (χ4n) is 12.2. The number of fused-ring (bicyclic) bond motifs is 14. The molecule has 6 amide bonds. The Balaban J connectivity index is 1.09. The molecule has 0 aliphatic carbocycles. The molecule has 0 saturated heterocycles. The van der Waals surface area contributed by atoms with E-state index < -0.39 is 152 Å². The Hall–Kier alpha value is -10.6. The fourth-order valence-corrected chi connectivity index (χ4v) is 12.7. The van der Waals surface area contributed by atoms with Gasteiger partial charge in [-0.25, -0.2) is 4.79 Å². The van der Waals surface area contributed by atoms with E-state index in [0.29, 0.717) is 18.5 Å². The molecule has 0 saturated carbocycles. The SMILES string of the molecule is CCCCN(CCCC)CCCNCc1c(O)cc2c(c1O)-c1cc(ccc1O)[C@@H]1NC(=O)[C@H]3NC(=O)[C@H]4NC(=O)[C@H](Cc5ccc(c(Cl)c5)Oc5cc3cc(c5O)Oc3ccc(cc3Cl)C(O)[C@H](NC1=O)C(=O)N[C@@H]2C(=O)O)NC(=O)[C@H](N)c1ccc(O)c(c1)Oc1cc(O)cc4c1. The van der Waals surface area contributed by atoms with Crippen molar-refractivity contribution in [1.29, 1.82) is 0 Å². The van der Waals surface area contributed by atoms with E-state index >= 15 is 19.2 Å². The molecule has 0 aromatic heterocycles. The Labute approximate surface area is 575 Å². The third kappa shape index (κ3) is 15.1. The zero-order chi connectivity index (χ0) is 70.7. The molecule has 1 unspecified atom stereocenters. The molecule has 13 rings (SSSR count). The molecule has 8 atom stereocenters. The van der Waals surface area contributed by atoms with Crippen molar-refractivity contribution in [3.05, 3.63) is 164 Å². The highest BCUT2D eigenvalue weighted by Gasteiger charge is 2.42. The van der Waals surface area contributed by atoms with E-state index in [1.54, 1.807) is 0 Å². The van der Waals surface area contributed by atoms with Crippen molar-refractivity contribution in [1.82, 2.24) is 42.1 Å². The smallest absolute Gasteiger partial charge is 0.330 e. The monoisotopic (exact) mass is 1400 g/mol. The summed E-state index contributed by atoms with van der Waals surface area (Å²) in [6, 6.07) is 7.62. The van der Waals surface area contributed by atoms with Crippen LogP contribution in [-0.4, -0.2) is 125 Å². The second kappa shape index (κ2) is 29.7. The van der Waals surface area contributed by atoms with Crippen LogP contribution >= 0.6 is 23.2 Å². The number of benzene rings is 7. The number of nitrogens with zero attached hydrogens (tertiary/aromatic N) is 1. The predicted molar refractivity (Wildman–Crippen MR) is 358 cm³/mol. The number of phenols is 6. The Morgan fingerprint density at radius 2 is 1.14 bits per heavy atom. The summed E-state index contributed by atoms with van der Waals surface area (Å²) >= 11 is 13.8. The minimum atomic E-state index is -2.22. The highest BCUT2D eigenvalue weighted by Crippen LogP contribution is 2.49. The molecule has 0 fully saturated rings. The lowest BCUT2D eigenvalue weighted by molar-refractivity contribution is -0.143. The van der Waals surface area contributed by atoms with Crippen LogP contribution in [0.3, 0.4) is 0 Å². The van der Waals surface area contributed by atoms with Crippen LogP contribution in [-0.2, 0) is 46.5 Å². The number of rotatable bonds is 13. The van der Waals surface area contributed by atoms with Gasteiger partial charge < -0.3 is 103 Å². The van der Waals surface area contributed by atoms with E-state index in [2.05, 4.69) is 56.0 Å². The van der Waals surface area contributed by atoms with E-state index in [1.165, 1.54) is 54.6 Å². The molecule has 6 aliphatic rings. The number of aromatic hydroxyl groups is 6. The van der Waals surface area contributed by atoms with Crippen molar-refractivity contribution < 1.29 is 88.6 Å². The number of carboxylic acid groups (broad SMARTS) is 1. The molecule has 0 radical (unpaired) electrons. The van der Waals surface area contributed by atoms with Crippen LogP contribution in [0.4, 0.5) is 0 Å². The van der Waals surface area contributed by atoms with Gasteiger partial charge in [-0.1, -0.05) is 74.2 Å². The molecule has 6 aliphatic heterocycles. The largest absolute Gasteiger partial charge is 0.508 e. The number of carbonyl (C=O) groups excluding carboxylic acids is 6. The Morgan fingerprint density at radius 1 is 0.556 bits per heavy atom. The van der Waals surface area contributed by atoms with Crippen molar-refractivity contribution in [2.24, 2.45) is 5.73 Å². The van der Waals surface area contributed by atoms with E-state index in [4.69, 9.17) is 43.1 Å². The Morgan fingerprint density at radius 3 is 1.80 bits per heavy atom. The van der Waals surface area contributed by atoms with Gasteiger partial charge in [-0.05, 0) is 158 Å². The Kier molecular flexibility index (Phi) is 20.9. The van der Waals surface area contributed by atoms with Gasteiger partial charge >= 0.3 is 5.97 Å². The molecule has 6 heterocycles. The van der Waals surface area contributed by atoms with Crippen molar-refractivity contribution in [2.75, 3.05) is 26.2 Å². The number of nitrogens with one attached hydrogen (secondary N) is 7. The maximum atomic E-state index is 16.0. The van der Waals surface area contributed by atoms with E-state index in [0.717, 1.165) is 99.9 Å². The van der Waals surface area contributed by atoms with Crippen LogP contribution in [0, 0.1) is 0 Å². The summed E-state index contributed by atoms with van der Waals surface area (Å²) < 4.78 is 18.6. The number of phenolic OH excluding ortho intramolecular Hbond substituents is 6. The van der Waals surface area contributed by atoms with Crippen LogP contribution in [0.2, 0.25) is 10.0 Å². The topological polar surface area (TPSA) is 422 Å². The first-order valence-corrected chi connectivity index (χ1v) is 32.6. The maximum absolute atomic E-state index is 16.0. The molecule has 0 spiro atoms. The van der Waals surface area contributed by atoms with Gasteiger partial charge in [0.1, 0.15) is 82.6 Å². The third-order valence-electron chi connectivity index (χ3n) is 17.5. The van der Waals surface area contributed by atoms with Crippen LogP contribution in [0.25, 0.3) is 11.1 Å². The molecule has 17 N–H and O–H groups in total. The lowest BCUT2D eigenvalue weighted by Crippen LogP contribution is -2.55. The number of unbranched alkanes of at least 4 members (excludes halogenated alkanes) is 2. The summed E-state index contributed by atoms with van der Waals surface area (Å²) in [6.45, 7) is 6.94. The molecular formula is C70H71Cl2N9O18. The standard InChI is InChI=1S/C70H71Cl2N9O18/c1-3-5-17-81(18-6-4-2)19-7-16-74-31-42-48(85)30-41-54(62(42)87)40-24-34(10-12-46(40)83)56-66(91)80-60(69(94)79-59(41)70(95)96)61(86)35-11-15-50(44(72)25-35)99-53-28-37-27-52(63(53)88)98-49-14-8-32(20-43(49)71)21-45-64(89)76-57(67(92)78-58(37)68(93)77-56)36-22-38(82)29-39(23-36)97-51-26-33(9-13-47(51)84)55(73)65(90)75-45/h8-15,20,22-30,45,55-61,74,82-88H,3-7,16-19,21,31,73H2,1-2H3,(H,75,90)(H,76,89)(H,77,93)(H,78,92)(H,79,94)(H,80,91)(H,95,96)/t45-,55+,56-,57-,58-,59-,60-,61?/m0/s1. The van der Waals surface area contributed by atoms with Gasteiger partial charge in [0, 0.05) is 35.7 Å². The van der Waals surface area contributed by atoms with Crippen molar-refractivity contribution >= 4 is 64.6 Å². The van der Waals surface area contributed by atoms with Crippen molar-refractivity contribution in [3.63, 3.8) is 0 Å². The van der Waals surface area contributed by atoms with E-state index in [-0.39, 0.29) is 79.4 Å². The average Bonchev–Trinajstić information content (AvgIpc) is 0.758. The van der Waals surface area contributed by atoms with Gasteiger partial charge in [0.05, 0.1) is 15.6 Å². The maximum Gasteiger partial charge on any atom is 0.330 e. The predicted octanol–water partition coefficient (Wildman–Crippen LogP) is 7.37. The molecule has 29 heteroatoms. The van der Waals surface area contributed by atoms with Gasteiger partial charge in [0.15, 0.2) is 29.0 Å². The lowest BCUT2D eigenvalue weighted by atomic mass is 9.88. The van der Waals surface area contributed by atoms with Gasteiger partial charge in [0.25, 0.3) is 0 Å². The summed E-state index contributed by atoms with van der Waals surface area (Å²) in [5.41, 5.74) is 4.35. The highest BCUT2D eigenvalue weighted by atomic mass is 35.5. The average molecular weight is 1400 g/mol. The van der Waals surface area contributed by atoms with Crippen LogP contribution in [0.5, 0.6) is 69.0 Å². The number of aliphatic hydroxyl groups excluding tert-OH is 1. The summed E-state index contributed by atoms with van der Waals surface area (Å²) in [5, 5.41) is 112. The highest BCUT2D eigenvalue weighted by molar-refractivity contribution is 6.32. The number of hydrogen-bond acceptors (Lipinski definition) is 20. The van der Waals surface area contributed by atoms with Gasteiger partial charge in [-0.3, -0.25) is 28.8 Å². The number of amides is 6. The normalized spacial score (nSPS) is 20.7. The summed E-state index contributed by atoms with van der Waals surface area (Å²) in [7, 11) is 0. The number of aliphatic hydroxyl groups is 1. The van der Waals surface area contributed by atoms with Crippen LogP contribution in [0.15, 0.2) is 109 Å². The van der Waals surface area contributed by atoms with E-state index in [1.807, 2.05) is 0 Å². The number of hydrogen-bond donors (Lipinski definition) is 16. The fraction of sp³-hybridized carbons (Fsp3) is 0.300. The molecule has 27 nitrogen and oxygen atoms in total. The number of aliphatic carboxylic acids is 1. The van der Waals surface area contributed by atoms with Crippen LogP contribution in [0.1, 0.15) is 127 Å². The third-order valence-corrected chi connectivity index (χ3v) is 18.1. The van der Waals surface area contributed by atoms with E-state index in [9.17, 15) is 55.2 Å². The summed E-state index contributed by atoms with van der Waals surface area (Å²) in [5.74, 6) is -14.8. The lowest BCUT2D eigenvalue weighted by Gasteiger charge is -2.31. The first kappa shape index (κ1) is 69.8. The summed E-state index contributed by atoms with van der Waals surface area (Å²) in [6.07, 6.45) is 2.21. The number of carbonyl (C=O) groups is 7. The number of nitrogens with two attached hydrogens (primary N) is 1. The molecule has 7 aromatic carbocycles. The molecule has 518 valence electrons. The van der Waals surface area contributed by atoms with Gasteiger partial charge in [0.2, 0.25) is 41.2 Å². The second-order valence-corrected chi connectivity index (χ2v) is 25.2. The van der Waals surface area contributed by atoms with Crippen LogP contribution < -0.4 is 57.2 Å². The quantitative estimate of drug-likeness (QED) is 0.0501. The second-order valence-electron chi connectivity index (χ2n) is 24.4. The minimum Gasteiger partial charge on any atom is -0.508 e. The van der Waals surface area contributed by atoms with Gasteiger partial charge in [-0.15, -0.1) is 0 Å². The first-order chi connectivity index (χ1) is 47.4. The molecule has 17 bridgehead atoms. The zero-order valence-electron chi connectivity index (χ0n) is 53.2. The number of halogens is 2. The first-order valence-electron chi connectivity index (χ1n) is 31.9. The molecule has 7 aromatic rings. The molecule has 99 heavy (non-hydrogen) atoms. The zero-order valence-corrected chi connectivity index (χ0v) is 54.7.